The van der Waals surface area contributed by atoms with E-state index >= 15 is 0 Å². The number of fused-ring (bicyclic) bond motifs is 1. The number of carbonyl (C=O) groups is 1. The van der Waals surface area contributed by atoms with Gasteiger partial charge in [-0.25, -0.2) is 0 Å². The molecule has 0 unspecified atom stereocenters. The number of likely N-dealkylation sites (N-methyl/N-ethyl adjacent to an activating group) is 1. The molecule has 2 aliphatic rings. The second-order valence-corrected chi connectivity index (χ2v) is 10.6. The van der Waals surface area contributed by atoms with E-state index in [0.29, 0.717) is 33.9 Å². The van der Waals surface area contributed by atoms with Gasteiger partial charge in [-0.3, -0.25) is 14.2 Å². The number of nitrogens with zero attached hydrogens (tertiary/aromatic N) is 2. The third kappa shape index (κ3) is 5.30. The van der Waals surface area contributed by atoms with Gasteiger partial charge in [0, 0.05) is 19.2 Å². The van der Waals surface area contributed by atoms with Crippen LogP contribution in [0.3, 0.4) is 0 Å². The first-order valence-electron chi connectivity index (χ1n) is 10.3. The number of rotatable bonds is 7. The summed E-state index contributed by atoms with van der Waals surface area (Å²) in [5.74, 6) is 0.582. The fraction of sp³-hybridized carbons (Fsp3) is 0.217. The molecule has 2 aliphatic heterocycles. The number of ether oxygens (including phenoxy) is 1. The Balaban J connectivity index is 1.66. The minimum atomic E-state index is -4.08. The number of benzene rings is 2. The van der Waals surface area contributed by atoms with Gasteiger partial charge in [0.25, 0.3) is 16.0 Å². The molecule has 10 heteroatoms. The van der Waals surface area contributed by atoms with Crippen molar-refractivity contribution in [3.05, 3.63) is 71.5 Å². The number of thioether (sulfide) groups is 1. The van der Waals surface area contributed by atoms with Crippen molar-refractivity contribution in [2.24, 2.45) is 0 Å². The lowest BCUT2D eigenvalue weighted by Gasteiger charge is -2.18. The topological polar surface area (TPSA) is 87.2 Å². The lowest BCUT2D eigenvalue weighted by atomic mass is 10.0. The normalized spacial score (nSPS) is 18.4. The number of anilines is 1. The molecule has 2 heterocycles. The maximum Gasteiger partial charge on any atom is 0.266 e. The Morgan fingerprint density at radius 3 is 2.52 bits per heavy atom. The molecule has 1 amide bonds. The maximum atomic E-state index is 12.5. The van der Waals surface area contributed by atoms with Gasteiger partial charge in [0.05, 0.1) is 16.3 Å². The van der Waals surface area contributed by atoms with Gasteiger partial charge < -0.3 is 9.64 Å². The zero-order chi connectivity index (χ0) is 23.6. The van der Waals surface area contributed by atoms with Crippen LogP contribution in [-0.2, 0) is 14.9 Å². The molecular formula is C23H22N2O5S3. The maximum absolute atomic E-state index is 12.5. The van der Waals surface area contributed by atoms with Crippen molar-refractivity contribution in [1.29, 1.82) is 0 Å². The molecule has 0 saturated carbocycles. The number of hydrogen-bond acceptors (Lipinski definition) is 7. The Kier molecular flexibility index (Phi) is 6.89. The highest BCUT2D eigenvalue weighted by Gasteiger charge is 2.31. The average Bonchev–Trinajstić information content (AvgIpc) is 3.27. The summed E-state index contributed by atoms with van der Waals surface area (Å²) >= 11 is 6.49. The number of amides is 1. The first-order chi connectivity index (χ1) is 15.8. The van der Waals surface area contributed by atoms with E-state index in [9.17, 15) is 13.2 Å². The zero-order valence-electron chi connectivity index (χ0n) is 17.8. The Morgan fingerprint density at radius 2 is 1.85 bits per heavy atom. The highest BCUT2D eigenvalue weighted by molar-refractivity contribution is 8.26. The van der Waals surface area contributed by atoms with Crippen LogP contribution in [0.5, 0.6) is 5.75 Å². The molecule has 1 fully saturated rings. The second-order valence-electron chi connectivity index (χ2n) is 7.40. The predicted octanol–water partition coefficient (Wildman–Crippen LogP) is 4.44. The van der Waals surface area contributed by atoms with Crippen molar-refractivity contribution >= 4 is 50.0 Å². The standard InChI is InChI=1S/C23H22N2O5S3/c1-2-24-22(26)20(32-23(24)31)11-12-21-25(13-6-14-33(27,28)29)18-15-17(9-10-19(18)30-21)16-7-4-3-5-8-16/h3-5,7-12,15H,2,6,13-14H2,1H3,(H,27,28,29). The van der Waals surface area contributed by atoms with Crippen LogP contribution < -0.4 is 9.64 Å². The average molecular weight is 503 g/mol. The van der Waals surface area contributed by atoms with Crippen LogP contribution >= 0.6 is 24.0 Å². The van der Waals surface area contributed by atoms with Gasteiger partial charge in [-0.15, -0.1) is 0 Å². The van der Waals surface area contributed by atoms with E-state index in [1.165, 1.54) is 16.7 Å². The van der Waals surface area contributed by atoms with E-state index in [4.69, 9.17) is 21.5 Å². The second kappa shape index (κ2) is 9.68. The van der Waals surface area contributed by atoms with Crippen molar-refractivity contribution in [2.45, 2.75) is 13.3 Å². The quantitative estimate of drug-likeness (QED) is 0.338. The van der Waals surface area contributed by atoms with Gasteiger partial charge in [-0.05, 0) is 42.7 Å². The van der Waals surface area contributed by atoms with E-state index < -0.39 is 10.1 Å². The molecule has 0 aromatic heterocycles. The number of hydrogen-bond donors (Lipinski definition) is 1. The molecule has 4 rings (SSSR count). The van der Waals surface area contributed by atoms with Crippen molar-refractivity contribution < 1.29 is 22.5 Å². The minimum Gasteiger partial charge on any atom is -0.439 e. The van der Waals surface area contributed by atoms with Gasteiger partial charge in [0.1, 0.15) is 4.32 Å². The molecule has 0 radical (unpaired) electrons. The summed E-state index contributed by atoms with van der Waals surface area (Å²) in [5, 5.41) is 0. The summed E-state index contributed by atoms with van der Waals surface area (Å²) in [5.41, 5.74) is 2.81. The van der Waals surface area contributed by atoms with Gasteiger partial charge >= 0.3 is 0 Å². The molecule has 0 spiro atoms. The third-order valence-corrected chi connectivity index (χ3v) is 7.39. The number of carbonyl (C=O) groups excluding carboxylic acids is 1. The zero-order valence-corrected chi connectivity index (χ0v) is 20.3. The van der Waals surface area contributed by atoms with Crippen molar-refractivity contribution in [3.63, 3.8) is 0 Å². The van der Waals surface area contributed by atoms with Crippen LogP contribution in [0.15, 0.2) is 71.5 Å². The van der Waals surface area contributed by atoms with Gasteiger partial charge in [-0.2, -0.15) is 8.42 Å². The van der Waals surface area contributed by atoms with Crippen molar-refractivity contribution in [2.75, 3.05) is 23.7 Å². The summed E-state index contributed by atoms with van der Waals surface area (Å²) in [4.78, 5) is 16.4. The Bertz CT molecular complexity index is 1260. The number of allylic oxidation sites excluding steroid dienone is 2. The molecule has 0 bridgehead atoms. The van der Waals surface area contributed by atoms with Crippen molar-refractivity contribution in [3.8, 4) is 16.9 Å². The van der Waals surface area contributed by atoms with Crippen LogP contribution in [0.25, 0.3) is 11.1 Å². The molecule has 172 valence electrons. The highest BCUT2D eigenvalue weighted by atomic mass is 32.2. The molecule has 2 aromatic carbocycles. The molecule has 2 aromatic rings. The molecule has 0 aliphatic carbocycles. The van der Waals surface area contributed by atoms with Crippen LogP contribution in [0.2, 0.25) is 0 Å². The summed E-state index contributed by atoms with van der Waals surface area (Å²) in [6, 6.07) is 15.7. The number of thiocarbonyl (C=S) groups is 1. The molecule has 0 atom stereocenters. The highest BCUT2D eigenvalue weighted by Crippen LogP contribution is 2.42. The predicted molar refractivity (Wildman–Crippen MR) is 135 cm³/mol. The summed E-state index contributed by atoms with van der Waals surface area (Å²) in [7, 11) is -4.08. The lowest BCUT2D eigenvalue weighted by Crippen LogP contribution is -2.27. The van der Waals surface area contributed by atoms with Crippen LogP contribution in [-0.4, -0.2) is 46.9 Å². The SMILES string of the molecule is CCN1C(=O)C(=CC=C2Oc3ccc(-c4ccccc4)cc3N2CCCS(=O)(=O)O)SC1=S. The molecule has 1 saturated heterocycles. The Labute approximate surface area is 202 Å². The van der Waals surface area contributed by atoms with Crippen LogP contribution in [0, 0.1) is 0 Å². The summed E-state index contributed by atoms with van der Waals surface area (Å²) in [6.07, 6.45) is 3.56. The first-order valence-corrected chi connectivity index (χ1v) is 13.2. The van der Waals surface area contributed by atoms with Crippen LogP contribution in [0.1, 0.15) is 13.3 Å². The van der Waals surface area contributed by atoms with Gasteiger partial charge in [0.15, 0.2) is 5.75 Å². The van der Waals surface area contributed by atoms with Crippen molar-refractivity contribution in [1.82, 2.24) is 4.90 Å². The fourth-order valence-corrected chi connectivity index (χ4v) is 5.42. The largest absolute Gasteiger partial charge is 0.439 e. The molecule has 7 nitrogen and oxygen atoms in total. The minimum absolute atomic E-state index is 0.149. The monoisotopic (exact) mass is 502 g/mol. The first kappa shape index (κ1) is 23.5. The fourth-order valence-electron chi connectivity index (χ4n) is 3.60. The molecular weight excluding hydrogens is 480 g/mol. The summed E-state index contributed by atoms with van der Waals surface area (Å²) < 4.78 is 38.1. The Morgan fingerprint density at radius 1 is 1.09 bits per heavy atom. The van der Waals surface area contributed by atoms with E-state index in [1.54, 1.807) is 12.2 Å². The smallest absolute Gasteiger partial charge is 0.266 e. The van der Waals surface area contributed by atoms with E-state index in [0.717, 1.165) is 16.8 Å². The van der Waals surface area contributed by atoms with Gasteiger partial charge in [0.2, 0.25) is 5.88 Å². The third-order valence-electron chi connectivity index (χ3n) is 5.19. The summed E-state index contributed by atoms with van der Waals surface area (Å²) in [6.45, 7) is 2.68. The Hall–Kier alpha value is -2.66. The van der Waals surface area contributed by atoms with Crippen LogP contribution in [0.4, 0.5) is 5.69 Å². The van der Waals surface area contributed by atoms with E-state index in [-0.39, 0.29) is 18.1 Å². The van der Waals surface area contributed by atoms with E-state index in [1.807, 2.05) is 60.4 Å². The molecule has 1 N–H and O–H groups in total. The van der Waals surface area contributed by atoms with E-state index in [2.05, 4.69) is 0 Å². The lowest BCUT2D eigenvalue weighted by molar-refractivity contribution is -0.122. The molecule has 33 heavy (non-hydrogen) atoms. The van der Waals surface area contributed by atoms with Gasteiger partial charge in [-0.1, -0.05) is 60.4 Å².